The van der Waals surface area contributed by atoms with Crippen LogP contribution in [0.25, 0.3) is 21.8 Å². The number of H-pyrrole nitrogens is 1. The third kappa shape index (κ3) is 4.02. The molecule has 0 spiro atoms. The number of pyridine rings is 1. The fourth-order valence-corrected chi connectivity index (χ4v) is 9.68. The maximum absolute atomic E-state index is 17.4. The van der Waals surface area contributed by atoms with Crippen LogP contribution < -0.4 is 5.43 Å². The van der Waals surface area contributed by atoms with E-state index in [1.807, 2.05) is 13.8 Å². The van der Waals surface area contributed by atoms with Crippen molar-refractivity contribution in [1.82, 2.24) is 4.98 Å². The molecule has 7 rings (SSSR count). The molecule has 0 radical (unpaired) electrons. The average Bonchev–Trinajstić information content (AvgIpc) is 3.27. The molecule has 2 N–H and O–H groups in total. The van der Waals surface area contributed by atoms with Gasteiger partial charge in [-0.3, -0.25) is 14.4 Å². The summed E-state index contributed by atoms with van der Waals surface area (Å²) >= 11 is 0. The molecule has 4 aliphatic rings. The number of carbonyl (C=O) groups excluding carboxylic acids is 3. The van der Waals surface area contributed by atoms with Gasteiger partial charge in [-0.05, 0) is 85.4 Å². The second-order valence-electron chi connectivity index (χ2n) is 13.9. The van der Waals surface area contributed by atoms with Crippen LogP contribution in [0.5, 0.6) is 0 Å². The second kappa shape index (κ2) is 10.0. The van der Waals surface area contributed by atoms with Crippen molar-refractivity contribution < 1.29 is 33.0 Å². The summed E-state index contributed by atoms with van der Waals surface area (Å²) in [7, 11) is 0. The van der Waals surface area contributed by atoms with Gasteiger partial charge in [-0.1, -0.05) is 38.1 Å². The van der Waals surface area contributed by atoms with Crippen LogP contribution in [0, 0.1) is 34.5 Å². The minimum atomic E-state index is -2.22. The Kier molecular flexibility index (Phi) is 6.61. The molecule has 3 saturated carbocycles. The third-order valence-electron chi connectivity index (χ3n) is 11.6. The fraction of sp³-hybridized carbons (Fsp3) is 0.444. The van der Waals surface area contributed by atoms with Crippen LogP contribution in [0.3, 0.4) is 0 Å². The van der Waals surface area contributed by atoms with Gasteiger partial charge < -0.3 is 14.8 Å². The fourth-order valence-electron chi connectivity index (χ4n) is 9.68. The van der Waals surface area contributed by atoms with Gasteiger partial charge in [0.1, 0.15) is 6.17 Å². The molecular formula is C36H35F2NO6. The summed E-state index contributed by atoms with van der Waals surface area (Å²) in [6.07, 6.45) is 0.980. The van der Waals surface area contributed by atoms with Crippen molar-refractivity contribution in [3.8, 4) is 0 Å². The molecule has 0 amide bonds. The number of Topliss-reactive ketones (excluding diaryl/α,β-unsaturated/α-hetero) is 1. The normalized spacial score (nSPS) is 37.1. The number of halogens is 2. The van der Waals surface area contributed by atoms with Gasteiger partial charge in [-0.2, -0.15) is 0 Å². The summed E-state index contributed by atoms with van der Waals surface area (Å²) in [5.74, 6) is -3.70. The van der Waals surface area contributed by atoms with E-state index in [0.717, 1.165) is 6.08 Å². The largest absolute Gasteiger partial charge is 0.454 e. The quantitative estimate of drug-likeness (QED) is 0.292. The molecule has 4 aliphatic carbocycles. The molecule has 2 aromatic carbocycles. The number of aliphatic hydroxyl groups excluding tert-OH is 1. The van der Waals surface area contributed by atoms with Crippen molar-refractivity contribution >= 4 is 39.3 Å². The molecule has 7 nitrogen and oxygen atoms in total. The van der Waals surface area contributed by atoms with Gasteiger partial charge in [-0.25, -0.2) is 13.6 Å². The van der Waals surface area contributed by atoms with E-state index >= 15 is 8.78 Å². The first kappa shape index (κ1) is 29.7. The molecule has 1 unspecified atom stereocenters. The lowest BCUT2D eigenvalue weighted by Gasteiger charge is -2.62. The molecule has 234 valence electrons. The number of fused-ring (bicyclic) bond motifs is 7. The molecule has 0 bridgehead atoms. The zero-order valence-electron chi connectivity index (χ0n) is 25.3. The predicted molar refractivity (Wildman–Crippen MR) is 164 cm³/mol. The van der Waals surface area contributed by atoms with Crippen LogP contribution in [0.2, 0.25) is 0 Å². The maximum Gasteiger partial charge on any atom is 0.340 e. The molecule has 1 heterocycles. The van der Waals surface area contributed by atoms with Gasteiger partial charge in [0.05, 0.1) is 17.2 Å². The Morgan fingerprint density at radius 3 is 2.56 bits per heavy atom. The molecule has 3 aromatic rings. The van der Waals surface area contributed by atoms with Crippen molar-refractivity contribution in [1.29, 1.82) is 0 Å². The van der Waals surface area contributed by atoms with Crippen molar-refractivity contribution in [3.05, 3.63) is 82.1 Å². The smallest absolute Gasteiger partial charge is 0.340 e. The number of alkyl halides is 2. The molecule has 0 saturated heterocycles. The highest BCUT2D eigenvalue weighted by Gasteiger charge is 2.73. The number of allylic oxidation sites excluding steroid dienone is 4. The first-order chi connectivity index (χ1) is 21.3. The summed E-state index contributed by atoms with van der Waals surface area (Å²) < 4.78 is 38.6. The molecular weight excluding hydrogens is 580 g/mol. The Morgan fingerprint density at radius 2 is 1.78 bits per heavy atom. The van der Waals surface area contributed by atoms with Gasteiger partial charge in [0.15, 0.2) is 29.3 Å². The number of aromatic amines is 1. The van der Waals surface area contributed by atoms with Crippen LogP contribution in [0.1, 0.15) is 50.4 Å². The minimum Gasteiger partial charge on any atom is -0.454 e. The number of esters is 1. The Bertz CT molecular complexity index is 1910. The second-order valence-corrected chi connectivity index (χ2v) is 13.9. The van der Waals surface area contributed by atoms with E-state index in [1.54, 1.807) is 43.3 Å². The minimum absolute atomic E-state index is 0.0292. The molecule has 9 atom stereocenters. The highest BCUT2D eigenvalue weighted by Crippen LogP contribution is 2.70. The summed E-state index contributed by atoms with van der Waals surface area (Å²) in [5, 5.41) is 12.3. The molecule has 3 fully saturated rings. The first-order valence-corrected chi connectivity index (χ1v) is 15.5. The van der Waals surface area contributed by atoms with Crippen LogP contribution in [0.15, 0.2) is 71.1 Å². The number of ketones is 2. The highest BCUT2D eigenvalue weighted by molar-refractivity contribution is 6.06. The van der Waals surface area contributed by atoms with Crippen molar-refractivity contribution in [2.75, 3.05) is 6.61 Å². The first-order valence-electron chi connectivity index (χ1n) is 15.5. The zero-order valence-corrected chi connectivity index (χ0v) is 25.3. The van der Waals surface area contributed by atoms with Crippen LogP contribution in [0.4, 0.5) is 8.78 Å². The number of benzene rings is 2. The third-order valence-corrected chi connectivity index (χ3v) is 11.6. The number of hydrogen-bond acceptors (Lipinski definition) is 6. The lowest BCUT2D eigenvalue weighted by molar-refractivity contribution is -0.202. The summed E-state index contributed by atoms with van der Waals surface area (Å²) in [4.78, 5) is 55.5. The van der Waals surface area contributed by atoms with Crippen molar-refractivity contribution in [3.63, 3.8) is 0 Å². The number of nitrogens with one attached hydrogen (secondary N) is 1. The van der Waals surface area contributed by atoms with E-state index in [0.29, 0.717) is 28.2 Å². The average molecular weight is 616 g/mol. The number of para-hydroxylation sites is 2. The Labute approximate surface area is 258 Å². The van der Waals surface area contributed by atoms with Crippen LogP contribution >= 0.6 is 0 Å². The lowest BCUT2D eigenvalue weighted by Crippen LogP contribution is -2.68. The van der Waals surface area contributed by atoms with Gasteiger partial charge in [0, 0.05) is 33.5 Å². The Balaban J connectivity index is 1.15. The monoisotopic (exact) mass is 615 g/mol. The van der Waals surface area contributed by atoms with E-state index in [-0.39, 0.29) is 41.1 Å². The van der Waals surface area contributed by atoms with Gasteiger partial charge in [0.25, 0.3) is 0 Å². The van der Waals surface area contributed by atoms with Crippen LogP contribution in [-0.2, 0) is 14.3 Å². The summed E-state index contributed by atoms with van der Waals surface area (Å²) in [6, 6.07) is 11.7. The van der Waals surface area contributed by atoms with Crippen LogP contribution in [-0.4, -0.2) is 52.2 Å². The van der Waals surface area contributed by atoms with Gasteiger partial charge in [0.2, 0.25) is 0 Å². The maximum atomic E-state index is 17.4. The van der Waals surface area contributed by atoms with E-state index in [2.05, 4.69) is 4.98 Å². The number of hydrogen-bond donors (Lipinski definition) is 2. The molecule has 45 heavy (non-hydrogen) atoms. The number of aromatic nitrogens is 1. The topological polar surface area (TPSA) is 114 Å². The van der Waals surface area contributed by atoms with E-state index in [1.165, 1.54) is 18.2 Å². The number of rotatable bonds is 4. The van der Waals surface area contributed by atoms with Crippen molar-refractivity contribution in [2.24, 2.45) is 34.5 Å². The Hall–Kier alpha value is -3.98. The molecule has 9 heteroatoms. The van der Waals surface area contributed by atoms with Gasteiger partial charge in [-0.15, -0.1) is 0 Å². The molecule has 1 aromatic heterocycles. The predicted octanol–water partition coefficient (Wildman–Crippen LogP) is 5.59. The standard InChI is InChI=1S/C36H35F2NO6/c1-18-13-23-24-15-26(37)25-14-19(40)11-12-35(25,3)36(24,38)29(42)16-34(23,2)30(18)28(41)17-45-33(44)22-9-6-8-21-31(22)39-27-10-5-4-7-20(27)32(21)43/h4-12,14,18,23-24,26,29-30,42H,13,15-17H2,1-3H3,(H,39,43)/t18-,23+,24+,26+,29+,30?,34+,35+,36+/m1/s1. The number of ether oxygens (including phenoxy) is 1. The van der Waals surface area contributed by atoms with E-state index < -0.39 is 64.9 Å². The summed E-state index contributed by atoms with van der Waals surface area (Å²) in [6.45, 7) is 4.77. The zero-order chi connectivity index (χ0) is 32.1. The Morgan fingerprint density at radius 1 is 1.04 bits per heavy atom. The number of carbonyl (C=O) groups is 3. The lowest BCUT2D eigenvalue weighted by atomic mass is 9.45. The van der Waals surface area contributed by atoms with Crippen molar-refractivity contribution in [2.45, 2.75) is 58.0 Å². The summed E-state index contributed by atoms with van der Waals surface area (Å²) in [5.41, 5.74) is -3.74. The van der Waals surface area contributed by atoms with Gasteiger partial charge >= 0.3 is 5.97 Å². The number of aliphatic hydroxyl groups is 1. The molecule has 0 aliphatic heterocycles. The van der Waals surface area contributed by atoms with E-state index in [4.69, 9.17) is 4.74 Å². The highest BCUT2D eigenvalue weighted by atomic mass is 19.1. The SMILES string of the molecule is C[C@@H]1C[C@H]2[C@@H]3C[C@H](F)C4=CC(=O)C=C[C@]4(C)[C@@]3(F)[C@@H](O)C[C@]2(C)C1C(=O)COC(=O)c1cccc2c(=O)c3ccccc3[nH]c12. The van der Waals surface area contributed by atoms with E-state index in [9.17, 15) is 24.3 Å².